The summed E-state index contributed by atoms with van der Waals surface area (Å²) in [6.45, 7) is 16.7. The second kappa shape index (κ2) is 15.3. The summed E-state index contributed by atoms with van der Waals surface area (Å²) in [4.78, 5) is 0. The Morgan fingerprint density at radius 1 is 0.710 bits per heavy atom. The van der Waals surface area contributed by atoms with Gasteiger partial charge in [0.2, 0.25) is 0 Å². The van der Waals surface area contributed by atoms with Crippen LogP contribution in [-0.4, -0.2) is 0 Å². The molecule has 0 radical (unpaired) electrons. The number of hydrogen-bond acceptors (Lipinski definition) is 0. The Labute approximate surface area is 218 Å². The van der Waals surface area contributed by atoms with Gasteiger partial charge in [0.15, 0.2) is 0 Å². The topological polar surface area (TPSA) is 0 Å². The Kier molecular flexibility index (Phi) is 17.7. The first-order valence-electron chi connectivity index (χ1n) is 11.7. The van der Waals surface area contributed by atoms with Crippen LogP contribution in [0.3, 0.4) is 0 Å². The van der Waals surface area contributed by atoms with E-state index in [-0.39, 0.29) is 55.5 Å². The standard InChI is InChI=1S/C16H24.C10H20.4CH3.Hf/c1-11(2)8-14-6-7-15-9-12-4-3-5-13(12)10-16(14)15;1-6-7(2)9(4)10(5)8(6)3;;;;;/h9-11,14-16H,3-8H2,1-2H3;6-10H,1-5H3;4*1H3;/q;;4*-1;+4. The summed E-state index contributed by atoms with van der Waals surface area (Å²) >= 11 is 0. The molecule has 0 aromatic carbocycles. The molecule has 3 unspecified atom stereocenters. The van der Waals surface area contributed by atoms with Gasteiger partial charge in [-0.2, -0.15) is 0 Å². The van der Waals surface area contributed by atoms with E-state index in [1.807, 2.05) is 0 Å². The Morgan fingerprint density at radius 3 is 1.55 bits per heavy atom. The molecule has 0 bridgehead atoms. The summed E-state index contributed by atoms with van der Waals surface area (Å²) in [5, 5.41) is 0. The number of rotatable bonds is 2. The van der Waals surface area contributed by atoms with Crippen molar-refractivity contribution in [2.75, 3.05) is 0 Å². The van der Waals surface area contributed by atoms with Crippen LogP contribution < -0.4 is 0 Å². The zero-order valence-electron chi connectivity index (χ0n) is 23.1. The molecule has 180 valence electrons. The van der Waals surface area contributed by atoms with Crippen LogP contribution in [0.2, 0.25) is 0 Å². The average Bonchev–Trinajstić information content (AvgIpc) is 3.26. The molecule has 3 saturated carbocycles. The fourth-order valence-electron chi connectivity index (χ4n) is 6.53. The Balaban J connectivity index is -0.000000469. The van der Waals surface area contributed by atoms with Crippen molar-refractivity contribution in [1.29, 1.82) is 0 Å². The van der Waals surface area contributed by atoms with E-state index in [0.29, 0.717) is 0 Å². The van der Waals surface area contributed by atoms with Crippen molar-refractivity contribution in [1.82, 2.24) is 0 Å². The molecule has 0 aromatic heterocycles. The van der Waals surface area contributed by atoms with E-state index in [0.717, 1.165) is 53.3 Å². The van der Waals surface area contributed by atoms with E-state index in [4.69, 9.17) is 0 Å². The van der Waals surface area contributed by atoms with E-state index in [2.05, 4.69) is 60.6 Å². The molecule has 31 heavy (non-hydrogen) atoms. The quantitative estimate of drug-likeness (QED) is 0.220. The van der Waals surface area contributed by atoms with Crippen LogP contribution in [0.5, 0.6) is 0 Å². The van der Waals surface area contributed by atoms with Crippen LogP contribution in [0.1, 0.15) is 87.0 Å². The maximum atomic E-state index is 2.67. The van der Waals surface area contributed by atoms with E-state index < -0.39 is 0 Å². The van der Waals surface area contributed by atoms with Gasteiger partial charge in [0, 0.05) is 0 Å². The van der Waals surface area contributed by atoms with Gasteiger partial charge in [-0.1, -0.05) is 60.6 Å². The molecule has 3 fully saturated rings. The molecule has 0 saturated heterocycles. The van der Waals surface area contributed by atoms with E-state index >= 15 is 0 Å². The molecular formula is C30H56Hf. The minimum atomic E-state index is 0. The molecule has 4 aliphatic carbocycles. The smallest absolute Gasteiger partial charge is 0.358 e. The third-order valence-electron chi connectivity index (χ3n) is 8.94. The molecule has 3 atom stereocenters. The first-order valence-corrected chi connectivity index (χ1v) is 11.7. The summed E-state index contributed by atoms with van der Waals surface area (Å²) in [6, 6.07) is 0. The van der Waals surface area contributed by atoms with Crippen LogP contribution in [0.4, 0.5) is 0 Å². The summed E-state index contributed by atoms with van der Waals surface area (Å²) in [7, 11) is 0. The largest absolute Gasteiger partial charge is 4.00 e. The van der Waals surface area contributed by atoms with Gasteiger partial charge in [0.1, 0.15) is 0 Å². The van der Waals surface area contributed by atoms with E-state index in [1.165, 1.54) is 38.5 Å². The zero-order valence-corrected chi connectivity index (χ0v) is 26.7. The molecule has 0 spiro atoms. The van der Waals surface area contributed by atoms with Gasteiger partial charge in [-0.15, -0.1) is 0 Å². The van der Waals surface area contributed by atoms with Crippen LogP contribution in [-0.2, 0) is 25.8 Å². The van der Waals surface area contributed by atoms with Gasteiger partial charge in [-0.3, -0.25) is 0 Å². The molecule has 4 aliphatic rings. The number of allylic oxidation sites excluding steroid dienone is 4. The second-order valence-corrected chi connectivity index (χ2v) is 10.7. The third-order valence-corrected chi connectivity index (χ3v) is 8.94. The SMILES string of the molecule is CC(C)CC1CCC2C=C3CCCC3=CC21.CC1C(C)C(C)C(C)C1C.[CH3-].[CH3-].[CH3-].[CH3-].[Hf+4]. The van der Waals surface area contributed by atoms with Crippen LogP contribution >= 0.6 is 0 Å². The molecule has 0 heterocycles. The summed E-state index contributed by atoms with van der Waals surface area (Å²) < 4.78 is 0. The van der Waals surface area contributed by atoms with Crippen LogP contribution in [0, 0.1) is 83.0 Å². The van der Waals surface area contributed by atoms with Gasteiger partial charge >= 0.3 is 25.8 Å². The van der Waals surface area contributed by atoms with E-state index in [1.54, 1.807) is 11.1 Å². The normalized spacial score (nSPS) is 37.0. The zero-order chi connectivity index (χ0) is 19.0. The van der Waals surface area contributed by atoms with Gasteiger partial charge in [0.05, 0.1) is 0 Å². The van der Waals surface area contributed by atoms with Crippen molar-refractivity contribution in [2.24, 2.45) is 53.3 Å². The fraction of sp³-hybridized carbons (Fsp3) is 0.733. The van der Waals surface area contributed by atoms with Gasteiger partial charge in [0.25, 0.3) is 0 Å². The van der Waals surface area contributed by atoms with Crippen LogP contribution in [0.25, 0.3) is 0 Å². The summed E-state index contributed by atoms with van der Waals surface area (Å²) in [5.74, 6) is 8.34. The van der Waals surface area contributed by atoms with Gasteiger partial charge in [-0.05, 0) is 103 Å². The molecule has 1 heteroatoms. The summed E-state index contributed by atoms with van der Waals surface area (Å²) in [6.07, 6.45) is 13.8. The minimum Gasteiger partial charge on any atom is -0.358 e. The maximum absolute atomic E-state index is 2.67. The Morgan fingerprint density at radius 2 is 1.13 bits per heavy atom. The molecule has 0 amide bonds. The summed E-state index contributed by atoms with van der Waals surface area (Å²) in [5.41, 5.74) is 3.43. The number of fused-ring (bicyclic) bond motifs is 2. The first kappa shape index (κ1) is 35.9. The maximum Gasteiger partial charge on any atom is 4.00 e. The van der Waals surface area contributed by atoms with Crippen molar-refractivity contribution in [3.63, 3.8) is 0 Å². The molecule has 0 N–H and O–H groups in total. The van der Waals surface area contributed by atoms with Crippen molar-refractivity contribution >= 4 is 0 Å². The van der Waals surface area contributed by atoms with Gasteiger partial charge < -0.3 is 29.7 Å². The van der Waals surface area contributed by atoms with Gasteiger partial charge in [-0.25, -0.2) is 0 Å². The Hall–Kier alpha value is 0.350. The second-order valence-electron chi connectivity index (χ2n) is 10.7. The third kappa shape index (κ3) is 7.96. The molecule has 4 rings (SSSR count). The van der Waals surface area contributed by atoms with Crippen molar-refractivity contribution in [3.8, 4) is 0 Å². The molecular weight excluding hydrogens is 539 g/mol. The predicted octanol–water partition coefficient (Wildman–Crippen LogP) is 9.70. The van der Waals surface area contributed by atoms with Crippen LogP contribution in [0.15, 0.2) is 23.3 Å². The van der Waals surface area contributed by atoms with Crippen molar-refractivity contribution in [3.05, 3.63) is 53.0 Å². The average molecular weight is 595 g/mol. The van der Waals surface area contributed by atoms with Crippen molar-refractivity contribution < 1.29 is 25.8 Å². The fourth-order valence-corrected chi connectivity index (χ4v) is 6.53. The molecule has 0 aliphatic heterocycles. The number of hydrogen-bond donors (Lipinski definition) is 0. The first-order chi connectivity index (χ1) is 12.3. The predicted molar refractivity (Wildman–Crippen MR) is 141 cm³/mol. The minimum absolute atomic E-state index is 0. The van der Waals surface area contributed by atoms with Crippen molar-refractivity contribution in [2.45, 2.75) is 87.0 Å². The Bertz CT molecular complexity index is 498. The van der Waals surface area contributed by atoms with E-state index in [9.17, 15) is 0 Å². The molecule has 0 nitrogen and oxygen atoms in total. The monoisotopic (exact) mass is 596 g/mol. The molecule has 0 aromatic rings.